The van der Waals surface area contributed by atoms with Crippen molar-refractivity contribution in [2.24, 2.45) is 0 Å². The number of rotatable bonds is 6. The van der Waals surface area contributed by atoms with Crippen LogP contribution in [-0.2, 0) is 0 Å². The smallest absolute Gasteiger partial charge is 0.271 e. The molecule has 1 fully saturated rings. The Bertz CT molecular complexity index is 428. The monoisotopic (exact) mass is 277 g/mol. The van der Waals surface area contributed by atoms with Crippen molar-refractivity contribution < 1.29 is 4.79 Å². The van der Waals surface area contributed by atoms with Gasteiger partial charge in [0, 0.05) is 19.1 Å². The van der Waals surface area contributed by atoms with Crippen molar-refractivity contribution in [2.75, 3.05) is 31.5 Å². The van der Waals surface area contributed by atoms with E-state index < -0.39 is 0 Å². The van der Waals surface area contributed by atoms with Gasteiger partial charge in [-0.05, 0) is 51.9 Å². The first-order valence-electron chi connectivity index (χ1n) is 7.30. The fourth-order valence-corrected chi connectivity index (χ4v) is 2.36. The number of carbonyl (C=O) groups excluding carboxylic acids is 1. The molecule has 2 heterocycles. The summed E-state index contributed by atoms with van der Waals surface area (Å²) in [6.07, 6.45) is 2.59. The van der Waals surface area contributed by atoms with Gasteiger partial charge in [-0.2, -0.15) is 0 Å². The summed E-state index contributed by atoms with van der Waals surface area (Å²) in [4.78, 5) is 14.0. The van der Waals surface area contributed by atoms with E-state index in [1.807, 2.05) is 6.92 Å². The minimum Gasteiger partial charge on any atom is -0.367 e. The molecule has 0 aromatic carbocycles. The fourth-order valence-electron chi connectivity index (χ4n) is 2.36. The highest BCUT2D eigenvalue weighted by Crippen LogP contribution is 2.12. The molecule has 6 heteroatoms. The highest BCUT2D eigenvalue weighted by atomic mass is 16.1. The summed E-state index contributed by atoms with van der Waals surface area (Å²) < 4.78 is 0. The molecule has 1 saturated heterocycles. The third-order valence-electron chi connectivity index (χ3n) is 3.58. The van der Waals surface area contributed by atoms with Gasteiger partial charge < -0.3 is 10.6 Å². The van der Waals surface area contributed by atoms with Gasteiger partial charge in [-0.3, -0.25) is 9.69 Å². The number of nitrogens with zero attached hydrogens (tertiary/aromatic N) is 3. The molecule has 1 aromatic rings. The average Bonchev–Trinajstić information content (AvgIpc) is 3.00. The molecule has 0 bridgehead atoms. The van der Waals surface area contributed by atoms with E-state index in [4.69, 9.17) is 0 Å². The molecule has 0 saturated carbocycles. The summed E-state index contributed by atoms with van der Waals surface area (Å²) in [5.74, 6) is 0.529. The second-order valence-corrected chi connectivity index (χ2v) is 5.14. The Kier molecular flexibility index (Phi) is 5.29. The minimum absolute atomic E-state index is 0.183. The van der Waals surface area contributed by atoms with E-state index >= 15 is 0 Å². The largest absolute Gasteiger partial charge is 0.367 e. The summed E-state index contributed by atoms with van der Waals surface area (Å²) in [5.41, 5.74) is 0.352. The predicted octanol–water partition coefficient (Wildman–Crippen LogP) is 1.12. The van der Waals surface area contributed by atoms with Gasteiger partial charge in [-0.25, -0.2) is 0 Å². The lowest BCUT2D eigenvalue weighted by Gasteiger charge is -2.23. The normalized spacial score (nSPS) is 16.9. The van der Waals surface area contributed by atoms with Crippen LogP contribution in [0.25, 0.3) is 0 Å². The maximum atomic E-state index is 11.6. The van der Waals surface area contributed by atoms with E-state index in [0.717, 1.165) is 6.54 Å². The van der Waals surface area contributed by atoms with Gasteiger partial charge in [-0.15, -0.1) is 10.2 Å². The molecule has 1 aliphatic rings. The molecule has 1 aromatic heterocycles. The average molecular weight is 277 g/mol. The zero-order valence-electron chi connectivity index (χ0n) is 12.2. The lowest BCUT2D eigenvalue weighted by Crippen LogP contribution is -2.35. The van der Waals surface area contributed by atoms with Gasteiger partial charge >= 0.3 is 0 Å². The molecular weight excluding hydrogens is 254 g/mol. The molecule has 0 aliphatic carbocycles. The van der Waals surface area contributed by atoms with Crippen LogP contribution < -0.4 is 10.6 Å². The maximum absolute atomic E-state index is 11.6. The van der Waals surface area contributed by atoms with Crippen molar-refractivity contribution >= 4 is 11.7 Å². The van der Waals surface area contributed by atoms with E-state index in [1.54, 1.807) is 12.1 Å². The van der Waals surface area contributed by atoms with Gasteiger partial charge in [-0.1, -0.05) is 0 Å². The van der Waals surface area contributed by atoms with Crippen molar-refractivity contribution in [1.29, 1.82) is 0 Å². The molecule has 0 spiro atoms. The molecule has 1 amide bonds. The number of hydrogen-bond acceptors (Lipinski definition) is 5. The van der Waals surface area contributed by atoms with Gasteiger partial charge in [0.2, 0.25) is 0 Å². The summed E-state index contributed by atoms with van der Waals surface area (Å²) >= 11 is 0. The number of carbonyl (C=O) groups is 1. The first kappa shape index (κ1) is 14.7. The molecule has 1 atom stereocenters. The van der Waals surface area contributed by atoms with Crippen LogP contribution in [0, 0.1) is 0 Å². The molecular formula is C14H23N5O. The molecule has 110 valence electrons. The Balaban J connectivity index is 1.82. The number of amides is 1. The van der Waals surface area contributed by atoms with E-state index in [1.165, 1.54) is 25.9 Å². The molecule has 1 unspecified atom stereocenters. The summed E-state index contributed by atoms with van der Waals surface area (Å²) in [7, 11) is 0. The summed E-state index contributed by atoms with van der Waals surface area (Å²) in [5, 5.41) is 13.9. The summed E-state index contributed by atoms with van der Waals surface area (Å²) in [6, 6.07) is 3.98. The Labute approximate surface area is 120 Å². The van der Waals surface area contributed by atoms with E-state index in [9.17, 15) is 4.79 Å². The first-order chi connectivity index (χ1) is 9.70. The Hall–Kier alpha value is -1.69. The summed E-state index contributed by atoms with van der Waals surface area (Å²) in [6.45, 7) is 7.90. The van der Waals surface area contributed by atoms with E-state index in [2.05, 4.69) is 32.7 Å². The second-order valence-electron chi connectivity index (χ2n) is 5.14. The molecule has 0 radical (unpaired) electrons. The van der Waals surface area contributed by atoms with Gasteiger partial charge in [0.25, 0.3) is 5.91 Å². The van der Waals surface area contributed by atoms with Crippen LogP contribution in [0.1, 0.15) is 37.2 Å². The van der Waals surface area contributed by atoms with Crippen LogP contribution in [0.5, 0.6) is 0 Å². The Morgan fingerprint density at radius 1 is 1.35 bits per heavy atom. The van der Waals surface area contributed by atoms with Crippen molar-refractivity contribution in [3.8, 4) is 0 Å². The molecule has 2 rings (SSSR count). The van der Waals surface area contributed by atoms with Crippen LogP contribution >= 0.6 is 0 Å². The van der Waals surface area contributed by atoms with Gasteiger partial charge in [0.1, 0.15) is 5.82 Å². The van der Waals surface area contributed by atoms with Crippen LogP contribution in [-0.4, -0.2) is 53.2 Å². The first-order valence-corrected chi connectivity index (χ1v) is 7.30. The van der Waals surface area contributed by atoms with E-state index in [-0.39, 0.29) is 5.91 Å². The topological polar surface area (TPSA) is 70.2 Å². The van der Waals surface area contributed by atoms with Crippen LogP contribution in [0.4, 0.5) is 5.82 Å². The molecule has 6 nitrogen and oxygen atoms in total. The number of hydrogen-bond donors (Lipinski definition) is 2. The quantitative estimate of drug-likeness (QED) is 0.815. The van der Waals surface area contributed by atoms with Crippen molar-refractivity contribution in [3.63, 3.8) is 0 Å². The van der Waals surface area contributed by atoms with Gasteiger partial charge in [0.15, 0.2) is 5.69 Å². The lowest BCUT2D eigenvalue weighted by molar-refractivity contribution is 0.0950. The molecule has 1 aliphatic heterocycles. The van der Waals surface area contributed by atoms with Crippen LogP contribution in [0.3, 0.4) is 0 Å². The lowest BCUT2D eigenvalue weighted by atomic mass is 10.3. The fraction of sp³-hybridized carbons (Fsp3) is 0.643. The zero-order valence-corrected chi connectivity index (χ0v) is 12.2. The molecule has 20 heavy (non-hydrogen) atoms. The number of aromatic nitrogens is 2. The highest BCUT2D eigenvalue weighted by molar-refractivity contribution is 5.92. The highest BCUT2D eigenvalue weighted by Gasteiger charge is 2.17. The Morgan fingerprint density at radius 2 is 2.10 bits per heavy atom. The van der Waals surface area contributed by atoms with Crippen molar-refractivity contribution in [1.82, 2.24) is 20.4 Å². The van der Waals surface area contributed by atoms with Gasteiger partial charge in [0.05, 0.1) is 0 Å². The standard InChI is InChI=1S/C14H23N5O/c1-3-15-14(20)12-6-7-13(18-17-12)16-10-11(2)19-8-4-5-9-19/h6-7,11H,3-5,8-10H2,1-2H3,(H,15,20)(H,16,18). The van der Waals surface area contributed by atoms with Crippen molar-refractivity contribution in [2.45, 2.75) is 32.7 Å². The minimum atomic E-state index is -0.183. The maximum Gasteiger partial charge on any atom is 0.271 e. The number of anilines is 1. The predicted molar refractivity (Wildman–Crippen MR) is 78.8 cm³/mol. The van der Waals surface area contributed by atoms with Crippen LogP contribution in [0.15, 0.2) is 12.1 Å². The Morgan fingerprint density at radius 3 is 2.70 bits per heavy atom. The number of nitrogens with one attached hydrogen (secondary N) is 2. The van der Waals surface area contributed by atoms with Crippen molar-refractivity contribution in [3.05, 3.63) is 17.8 Å². The second kappa shape index (κ2) is 7.19. The third kappa shape index (κ3) is 3.90. The zero-order chi connectivity index (χ0) is 14.4. The number of likely N-dealkylation sites (tertiary alicyclic amines) is 1. The third-order valence-corrected chi connectivity index (χ3v) is 3.58. The molecule has 2 N–H and O–H groups in total. The van der Waals surface area contributed by atoms with E-state index in [0.29, 0.717) is 24.1 Å². The SMILES string of the molecule is CCNC(=O)c1ccc(NCC(C)N2CCCC2)nn1. The van der Waals surface area contributed by atoms with Crippen LogP contribution in [0.2, 0.25) is 0 Å².